The van der Waals surface area contributed by atoms with E-state index in [0.717, 1.165) is 28.9 Å². The normalized spacial score (nSPS) is 17.9. The third-order valence-electron chi connectivity index (χ3n) is 4.34. The number of halogens is 2. The van der Waals surface area contributed by atoms with E-state index in [9.17, 15) is 0 Å². The topological polar surface area (TPSA) is 12.0 Å². The molecule has 1 atom stereocenters. The molecule has 1 fully saturated rings. The standard InChI is InChI=1S/C17H25Cl2N/c1-12(2)20-11-15(13-5-3-4-6-13)9-14-10-16(18)7-8-17(14)19/h7-8,10,12-13,15,20H,3-6,9,11H2,1-2H3. The van der Waals surface area contributed by atoms with Crippen LogP contribution in [-0.4, -0.2) is 12.6 Å². The molecule has 3 heteroatoms. The van der Waals surface area contributed by atoms with E-state index < -0.39 is 0 Å². The van der Waals surface area contributed by atoms with Gasteiger partial charge >= 0.3 is 0 Å². The minimum Gasteiger partial charge on any atom is -0.314 e. The number of benzene rings is 1. The van der Waals surface area contributed by atoms with Gasteiger partial charge in [-0.2, -0.15) is 0 Å². The Labute approximate surface area is 133 Å². The van der Waals surface area contributed by atoms with Crippen LogP contribution in [0, 0.1) is 11.8 Å². The highest BCUT2D eigenvalue weighted by Crippen LogP contribution is 2.34. The van der Waals surface area contributed by atoms with Gasteiger partial charge in [0.25, 0.3) is 0 Å². The van der Waals surface area contributed by atoms with Crippen molar-refractivity contribution in [1.82, 2.24) is 5.32 Å². The van der Waals surface area contributed by atoms with Gasteiger partial charge in [-0.25, -0.2) is 0 Å². The van der Waals surface area contributed by atoms with Crippen molar-refractivity contribution in [2.45, 2.75) is 52.0 Å². The lowest BCUT2D eigenvalue weighted by Crippen LogP contribution is -2.33. The second-order valence-corrected chi connectivity index (χ2v) is 7.15. The van der Waals surface area contributed by atoms with E-state index in [1.165, 1.54) is 31.2 Å². The van der Waals surface area contributed by atoms with Crippen LogP contribution in [0.5, 0.6) is 0 Å². The Morgan fingerprint density at radius 1 is 1.20 bits per heavy atom. The minimum atomic E-state index is 0.536. The maximum atomic E-state index is 6.33. The van der Waals surface area contributed by atoms with Crippen molar-refractivity contribution in [3.63, 3.8) is 0 Å². The summed E-state index contributed by atoms with van der Waals surface area (Å²) in [4.78, 5) is 0. The van der Waals surface area contributed by atoms with Gasteiger partial charge in [0.2, 0.25) is 0 Å². The zero-order chi connectivity index (χ0) is 14.5. The first kappa shape index (κ1) is 16.1. The summed E-state index contributed by atoms with van der Waals surface area (Å²) in [6.45, 7) is 5.49. The molecule has 2 rings (SSSR count). The number of nitrogens with one attached hydrogen (secondary N) is 1. The first-order valence-corrected chi connectivity index (χ1v) is 8.49. The Bertz CT molecular complexity index is 425. The van der Waals surface area contributed by atoms with Gasteiger partial charge in [0.05, 0.1) is 0 Å². The van der Waals surface area contributed by atoms with E-state index in [1.807, 2.05) is 18.2 Å². The first-order chi connectivity index (χ1) is 9.56. The molecule has 0 amide bonds. The van der Waals surface area contributed by atoms with Crippen molar-refractivity contribution in [3.05, 3.63) is 33.8 Å². The molecule has 0 spiro atoms. The molecular formula is C17H25Cl2N. The van der Waals surface area contributed by atoms with Crippen LogP contribution in [0.4, 0.5) is 0 Å². The summed E-state index contributed by atoms with van der Waals surface area (Å²) in [5.74, 6) is 1.49. The smallest absolute Gasteiger partial charge is 0.0439 e. The first-order valence-electron chi connectivity index (χ1n) is 7.73. The minimum absolute atomic E-state index is 0.536. The summed E-state index contributed by atoms with van der Waals surface area (Å²) in [5, 5.41) is 5.23. The predicted molar refractivity (Wildman–Crippen MR) is 88.8 cm³/mol. The van der Waals surface area contributed by atoms with Gasteiger partial charge in [-0.05, 0) is 48.6 Å². The van der Waals surface area contributed by atoms with Gasteiger partial charge in [0.15, 0.2) is 0 Å². The Morgan fingerprint density at radius 2 is 1.90 bits per heavy atom. The number of hydrogen-bond acceptors (Lipinski definition) is 1. The monoisotopic (exact) mass is 313 g/mol. The van der Waals surface area contributed by atoms with Gasteiger partial charge < -0.3 is 5.32 Å². The third-order valence-corrected chi connectivity index (χ3v) is 4.95. The molecule has 0 bridgehead atoms. The third kappa shape index (κ3) is 4.65. The molecule has 1 aromatic carbocycles. The fourth-order valence-electron chi connectivity index (χ4n) is 3.20. The molecular weight excluding hydrogens is 289 g/mol. The lowest BCUT2D eigenvalue weighted by Gasteiger charge is -2.25. The van der Waals surface area contributed by atoms with Crippen LogP contribution in [0.1, 0.15) is 45.1 Å². The summed E-state index contributed by atoms with van der Waals surface area (Å²) in [6, 6.07) is 6.35. The molecule has 0 aromatic heterocycles. The molecule has 20 heavy (non-hydrogen) atoms. The Balaban J connectivity index is 2.07. The zero-order valence-electron chi connectivity index (χ0n) is 12.5. The van der Waals surface area contributed by atoms with Crippen molar-refractivity contribution in [2.75, 3.05) is 6.54 Å². The van der Waals surface area contributed by atoms with E-state index in [2.05, 4.69) is 19.2 Å². The van der Waals surface area contributed by atoms with Crippen molar-refractivity contribution in [3.8, 4) is 0 Å². The van der Waals surface area contributed by atoms with Crippen molar-refractivity contribution in [2.24, 2.45) is 11.8 Å². The molecule has 0 aliphatic heterocycles. The van der Waals surface area contributed by atoms with E-state index in [4.69, 9.17) is 23.2 Å². The molecule has 1 aliphatic carbocycles. The van der Waals surface area contributed by atoms with Crippen molar-refractivity contribution < 1.29 is 0 Å². The molecule has 112 valence electrons. The SMILES string of the molecule is CC(C)NCC(Cc1cc(Cl)ccc1Cl)C1CCCC1. The molecule has 0 heterocycles. The largest absolute Gasteiger partial charge is 0.314 e. The van der Waals surface area contributed by atoms with E-state index in [-0.39, 0.29) is 0 Å². The van der Waals surface area contributed by atoms with Crippen LogP contribution in [-0.2, 0) is 6.42 Å². The average molecular weight is 314 g/mol. The Morgan fingerprint density at radius 3 is 2.55 bits per heavy atom. The van der Waals surface area contributed by atoms with Crippen LogP contribution in [0.3, 0.4) is 0 Å². The van der Waals surface area contributed by atoms with Gasteiger partial charge in [0.1, 0.15) is 0 Å². The van der Waals surface area contributed by atoms with E-state index >= 15 is 0 Å². The van der Waals surface area contributed by atoms with Crippen LogP contribution in [0.15, 0.2) is 18.2 Å². The van der Waals surface area contributed by atoms with Crippen molar-refractivity contribution >= 4 is 23.2 Å². The average Bonchev–Trinajstić information content (AvgIpc) is 2.92. The molecule has 1 nitrogen and oxygen atoms in total. The maximum absolute atomic E-state index is 6.33. The van der Waals surface area contributed by atoms with Gasteiger partial charge in [-0.1, -0.05) is 62.7 Å². The van der Waals surface area contributed by atoms with Gasteiger partial charge in [0, 0.05) is 16.1 Å². The lowest BCUT2D eigenvalue weighted by molar-refractivity contribution is 0.313. The van der Waals surface area contributed by atoms with Crippen LogP contribution >= 0.6 is 23.2 Å². The maximum Gasteiger partial charge on any atom is 0.0439 e. The van der Waals surface area contributed by atoms with Gasteiger partial charge in [-0.3, -0.25) is 0 Å². The highest BCUT2D eigenvalue weighted by molar-refractivity contribution is 6.33. The number of rotatable bonds is 6. The zero-order valence-corrected chi connectivity index (χ0v) is 14.0. The lowest BCUT2D eigenvalue weighted by atomic mass is 9.85. The van der Waals surface area contributed by atoms with Crippen LogP contribution in [0.25, 0.3) is 0 Å². The Hall–Kier alpha value is -0.240. The second-order valence-electron chi connectivity index (χ2n) is 6.31. The quantitative estimate of drug-likeness (QED) is 0.747. The summed E-state index contributed by atoms with van der Waals surface area (Å²) >= 11 is 12.4. The molecule has 0 saturated heterocycles. The summed E-state index contributed by atoms with van der Waals surface area (Å²) < 4.78 is 0. The van der Waals surface area contributed by atoms with Crippen LogP contribution in [0.2, 0.25) is 10.0 Å². The summed E-state index contributed by atoms with van der Waals surface area (Å²) in [7, 11) is 0. The van der Waals surface area contributed by atoms with Crippen molar-refractivity contribution in [1.29, 1.82) is 0 Å². The molecule has 1 unspecified atom stereocenters. The molecule has 1 saturated carbocycles. The fourth-order valence-corrected chi connectivity index (χ4v) is 3.59. The number of hydrogen-bond donors (Lipinski definition) is 1. The molecule has 1 aromatic rings. The highest BCUT2D eigenvalue weighted by atomic mass is 35.5. The van der Waals surface area contributed by atoms with E-state index in [1.54, 1.807) is 0 Å². The van der Waals surface area contributed by atoms with Gasteiger partial charge in [-0.15, -0.1) is 0 Å². The van der Waals surface area contributed by atoms with Crippen LogP contribution < -0.4 is 5.32 Å². The fraction of sp³-hybridized carbons (Fsp3) is 0.647. The summed E-state index contributed by atoms with van der Waals surface area (Å²) in [5.41, 5.74) is 1.20. The second kappa shape index (κ2) is 7.68. The van der Waals surface area contributed by atoms with E-state index in [0.29, 0.717) is 12.0 Å². The molecule has 1 aliphatic rings. The summed E-state index contributed by atoms with van der Waals surface area (Å²) in [6.07, 6.45) is 6.52. The molecule has 0 radical (unpaired) electrons. The Kier molecular flexibility index (Phi) is 6.20. The molecule has 1 N–H and O–H groups in total. The highest BCUT2D eigenvalue weighted by Gasteiger charge is 2.25. The predicted octanol–water partition coefficient (Wildman–Crippen LogP) is 5.34.